The Morgan fingerprint density at radius 1 is 1.26 bits per heavy atom. The first-order chi connectivity index (χ1) is 8.88. The summed E-state index contributed by atoms with van der Waals surface area (Å²) in [5.41, 5.74) is 7.59. The molecule has 0 aliphatic rings. The van der Waals surface area contributed by atoms with Gasteiger partial charge in [-0.15, -0.1) is 0 Å². The van der Waals surface area contributed by atoms with Crippen molar-refractivity contribution in [1.29, 1.82) is 0 Å². The number of benzene rings is 1. The van der Waals surface area contributed by atoms with Crippen molar-refractivity contribution in [1.82, 2.24) is 5.32 Å². The van der Waals surface area contributed by atoms with Crippen LogP contribution < -0.4 is 11.1 Å². The van der Waals surface area contributed by atoms with E-state index < -0.39 is 0 Å². The van der Waals surface area contributed by atoms with Crippen molar-refractivity contribution in [3.05, 3.63) is 35.4 Å². The highest BCUT2D eigenvalue weighted by Gasteiger charge is 2.25. The average Bonchev–Trinajstić information content (AvgIpc) is 2.37. The number of amides is 1. The molecule has 0 aliphatic heterocycles. The van der Waals surface area contributed by atoms with E-state index >= 15 is 0 Å². The van der Waals surface area contributed by atoms with E-state index in [2.05, 4.69) is 33.0 Å². The van der Waals surface area contributed by atoms with Gasteiger partial charge in [0.25, 0.3) is 5.91 Å². The number of aryl methyl sites for hydroxylation is 1. The van der Waals surface area contributed by atoms with Crippen molar-refractivity contribution in [3.8, 4) is 0 Å². The quantitative estimate of drug-likeness (QED) is 0.857. The van der Waals surface area contributed by atoms with Gasteiger partial charge in [-0.1, -0.05) is 39.8 Å². The zero-order chi connectivity index (χ0) is 14.5. The Hall–Kier alpha value is -1.35. The van der Waals surface area contributed by atoms with Gasteiger partial charge in [0, 0.05) is 11.6 Å². The summed E-state index contributed by atoms with van der Waals surface area (Å²) in [6.45, 7) is 9.04. The first-order valence-corrected chi connectivity index (χ1v) is 6.98. The first-order valence-electron chi connectivity index (χ1n) is 6.98. The lowest BCUT2D eigenvalue weighted by molar-refractivity contribution is 0.0899. The van der Waals surface area contributed by atoms with Crippen molar-refractivity contribution in [3.63, 3.8) is 0 Å². The van der Waals surface area contributed by atoms with E-state index in [1.54, 1.807) is 0 Å². The fraction of sp³-hybridized carbons (Fsp3) is 0.562. The van der Waals surface area contributed by atoms with Crippen LogP contribution in [-0.4, -0.2) is 18.5 Å². The molecule has 3 heteroatoms. The summed E-state index contributed by atoms with van der Waals surface area (Å²) in [7, 11) is 0. The maximum atomic E-state index is 12.2. The predicted molar refractivity (Wildman–Crippen MR) is 80.2 cm³/mol. The smallest absolute Gasteiger partial charge is 0.251 e. The highest BCUT2D eigenvalue weighted by Crippen LogP contribution is 2.21. The Kier molecular flexibility index (Phi) is 5.55. The molecule has 0 saturated carbocycles. The minimum atomic E-state index is -0.0176. The number of hydrogen-bond acceptors (Lipinski definition) is 2. The van der Waals surface area contributed by atoms with Crippen molar-refractivity contribution >= 4 is 5.91 Å². The molecule has 1 aromatic carbocycles. The second-order valence-corrected chi connectivity index (χ2v) is 6.02. The molecule has 0 aliphatic carbocycles. The molecule has 0 heterocycles. The van der Waals surface area contributed by atoms with Gasteiger partial charge in [0.2, 0.25) is 0 Å². The van der Waals surface area contributed by atoms with Gasteiger partial charge < -0.3 is 11.1 Å². The van der Waals surface area contributed by atoms with Crippen LogP contribution in [0.15, 0.2) is 24.3 Å². The summed E-state index contributed by atoms with van der Waals surface area (Å²) in [5.74, 6) is -0.0176. The molecule has 106 valence electrons. The lowest BCUT2D eigenvalue weighted by Gasteiger charge is -2.31. The standard InChI is InChI=1S/C16H26N2O/c1-5-12-6-8-13(9-7-12)15(19)18-14(10-11-17)16(2,3)4/h6-9,14H,5,10-11,17H2,1-4H3,(H,18,19). The summed E-state index contributed by atoms with van der Waals surface area (Å²) >= 11 is 0. The normalized spacial score (nSPS) is 13.1. The predicted octanol–water partition coefficient (Wildman–Crippen LogP) is 2.74. The van der Waals surface area contributed by atoms with Gasteiger partial charge in [-0.25, -0.2) is 0 Å². The van der Waals surface area contributed by atoms with E-state index in [-0.39, 0.29) is 17.4 Å². The molecule has 1 rings (SSSR count). The molecular formula is C16H26N2O. The Labute approximate surface area is 116 Å². The van der Waals surface area contributed by atoms with Gasteiger partial charge in [0.05, 0.1) is 0 Å². The molecule has 3 nitrogen and oxygen atoms in total. The van der Waals surface area contributed by atoms with Crippen molar-refractivity contribution in [2.24, 2.45) is 11.1 Å². The van der Waals surface area contributed by atoms with E-state index in [0.29, 0.717) is 12.1 Å². The maximum Gasteiger partial charge on any atom is 0.251 e. The first kappa shape index (κ1) is 15.7. The van der Waals surface area contributed by atoms with Crippen LogP contribution in [-0.2, 0) is 6.42 Å². The van der Waals surface area contributed by atoms with Gasteiger partial charge >= 0.3 is 0 Å². The van der Waals surface area contributed by atoms with E-state index in [9.17, 15) is 4.79 Å². The van der Waals surface area contributed by atoms with E-state index in [1.807, 2.05) is 24.3 Å². The van der Waals surface area contributed by atoms with Gasteiger partial charge in [0.1, 0.15) is 0 Å². The molecule has 1 aromatic rings. The largest absolute Gasteiger partial charge is 0.349 e. The van der Waals surface area contributed by atoms with Crippen LogP contribution in [0.4, 0.5) is 0 Å². The summed E-state index contributed by atoms with van der Waals surface area (Å²) in [6, 6.07) is 7.87. The zero-order valence-electron chi connectivity index (χ0n) is 12.5. The molecule has 1 atom stereocenters. The summed E-state index contributed by atoms with van der Waals surface area (Å²) in [4.78, 5) is 12.2. The highest BCUT2D eigenvalue weighted by molar-refractivity contribution is 5.94. The molecule has 0 spiro atoms. The van der Waals surface area contributed by atoms with Gasteiger partial charge in [-0.3, -0.25) is 4.79 Å². The second kappa shape index (κ2) is 6.71. The monoisotopic (exact) mass is 262 g/mol. The van der Waals surface area contributed by atoms with Crippen LogP contribution in [0.3, 0.4) is 0 Å². The molecule has 1 amide bonds. The van der Waals surface area contributed by atoms with E-state index in [0.717, 1.165) is 12.8 Å². The number of carbonyl (C=O) groups excluding carboxylic acids is 1. The number of hydrogen-bond donors (Lipinski definition) is 2. The molecule has 1 unspecified atom stereocenters. The molecule has 0 saturated heterocycles. The van der Waals surface area contributed by atoms with Crippen LogP contribution in [0.1, 0.15) is 50.0 Å². The fourth-order valence-electron chi connectivity index (χ4n) is 2.02. The van der Waals surface area contributed by atoms with Gasteiger partial charge in [0.15, 0.2) is 0 Å². The number of nitrogens with one attached hydrogen (secondary N) is 1. The summed E-state index contributed by atoms with van der Waals surface area (Å²) in [5, 5.41) is 3.09. The van der Waals surface area contributed by atoms with Gasteiger partial charge in [-0.2, -0.15) is 0 Å². The average molecular weight is 262 g/mol. The van der Waals surface area contributed by atoms with E-state index in [1.165, 1.54) is 5.56 Å². The third kappa shape index (κ3) is 4.67. The van der Waals surface area contributed by atoms with Crippen LogP contribution in [0.25, 0.3) is 0 Å². The molecule has 3 N–H and O–H groups in total. The lowest BCUT2D eigenvalue weighted by atomic mass is 9.84. The Morgan fingerprint density at radius 3 is 2.26 bits per heavy atom. The van der Waals surface area contributed by atoms with Gasteiger partial charge in [-0.05, 0) is 42.5 Å². The van der Waals surface area contributed by atoms with Crippen molar-refractivity contribution in [2.75, 3.05) is 6.54 Å². The number of rotatable bonds is 5. The minimum absolute atomic E-state index is 0.0123. The summed E-state index contributed by atoms with van der Waals surface area (Å²) < 4.78 is 0. The molecular weight excluding hydrogens is 236 g/mol. The third-order valence-corrected chi connectivity index (χ3v) is 3.43. The lowest BCUT2D eigenvalue weighted by Crippen LogP contribution is -2.44. The van der Waals surface area contributed by atoms with Crippen LogP contribution in [0.5, 0.6) is 0 Å². The van der Waals surface area contributed by atoms with Crippen LogP contribution in [0.2, 0.25) is 0 Å². The van der Waals surface area contributed by atoms with Crippen molar-refractivity contribution in [2.45, 2.75) is 46.6 Å². The Bertz CT molecular complexity index is 404. The van der Waals surface area contributed by atoms with Crippen molar-refractivity contribution < 1.29 is 4.79 Å². The molecule has 0 aromatic heterocycles. The summed E-state index contributed by atoms with van der Waals surface area (Å²) in [6.07, 6.45) is 1.78. The number of nitrogens with two attached hydrogens (primary N) is 1. The number of carbonyl (C=O) groups is 1. The minimum Gasteiger partial charge on any atom is -0.349 e. The Balaban J connectivity index is 2.75. The molecule has 0 fully saturated rings. The molecule has 0 bridgehead atoms. The van der Waals surface area contributed by atoms with Crippen LogP contribution in [0, 0.1) is 5.41 Å². The van der Waals surface area contributed by atoms with E-state index in [4.69, 9.17) is 5.73 Å². The third-order valence-electron chi connectivity index (χ3n) is 3.43. The molecule has 19 heavy (non-hydrogen) atoms. The topological polar surface area (TPSA) is 55.1 Å². The fourth-order valence-corrected chi connectivity index (χ4v) is 2.02. The van der Waals surface area contributed by atoms with Crippen LogP contribution >= 0.6 is 0 Å². The maximum absolute atomic E-state index is 12.2. The Morgan fingerprint density at radius 2 is 1.84 bits per heavy atom. The SMILES string of the molecule is CCc1ccc(C(=O)NC(CCN)C(C)(C)C)cc1. The zero-order valence-corrected chi connectivity index (χ0v) is 12.5. The highest BCUT2D eigenvalue weighted by atomic mass is 16.1. The molecule has 0 radical (unpaired) electrons. The second-order valence-electron chi connectivity index (χ2n) is 6.02.